The van der Waals surface area contributed by atoms with Crippen LogP contribution in [0.3, 0.4) is 0 Å². The number of hydrogen-bond acceptors (Lipinski definition) is 1. The summed E-state index contributed by atoms with van der Waals surface area (Å²) in [5.74, 6) is -1.61. The summed E-state index contributed by atoms with van der Waals surface area (Å²) in [6.45, 7) is 1.19. The first-order valence-corrected chi connectivity index (χ1v) is 4.23. The van der Waals surface area contributed by atoms with Gasteiger partial charge in [0, 0.05) is 5.56 Å². The molecule has 0 aliphatic heterocycles. The van der Waals surface area contributed by atoms with Crippen LogP contribution >= 0.6 is 0 Å². The molecule has 0 heterocycles. The summed E-state index contributed by atoms with van der Waals surface area (Å²) in [4.78, 5) is 10.8. The molecule has 0 fully saturated rings. The molecule has 0 aromatic heterocycles. The SMILES string of the molecule is Cc1ccc(C(=O)C(F)F)cc1C(F)(F)F. The molecule has 16 heavy (non-hydrogen) atoms. The van der Waals surface area contributed by atoms with Crippen LogP contribution in [0.15, 0.2) is 18.2 Å². The molecule has 0 radical (unpaired) electrons. The molecule has 0 unspecified atom stereocenters. The van der Waals surface area contributed by atoms with Gasteiger partial charge < -0.3 is 0 Å². The predicted molar refractivity (Wildman–Crippen MR) is 46.5 cm³/mol. The molecule has 0 saturated heterocycles. The van der Waals surface area contributed by atoms with Gasteiger partial charge in [-0.1, -0.05) is 12.1 Å². The maximum Gasteiger partial charge on any atom is 0.416 e. The Morgan fingerprint density at radius 1 is 1.25 bits per heavy atom. The van der Waals surface area contributed by atoms with E-state index in [-0.39, 0.29) is 5.56 Å². The van der Waals surface area contributed by atoms with Gasteiger partial charge in [0.1, 0.15) is 0 Å². The molecule has 1 aromatic rings. The standard InChI is InChI=1S/C10H7F5O/c1-5-2-3-6(8(16)9(11)12)4-7(5)10(13,14)15/h2-4,9H,1H3. The van der Waals surface area contributed by atoms with E-state index < -0.39 is 29.5 Å². The number of ketones is 1. The Morgan fingerprint density at radius 3 is 2.25 bits per heavy atom. The average molecular weight is 238 g/mol. The lowest BCUT2D eigenvalue weighted by Crippen LogP contribution is -2.13. The summed E-state index contributed by atoms with van der Waals surface area (Å²) in [7, 11) is 0. The fraction of sp³-hybridized carbons (Fsp3) is 0.300. The lowest BCUT2D eigenvalue weighted by atomic mass is 10.0. The van der Waals surface area contributed by atoms with Gasteiger partial charge in [-0.2, -0.15) is 13.2 Å². The summed E-state index contributed by atoms with van der Waals surface area (Å²) >= 11 is 0. The van der Waals surface area contributed by atoms with Gasteiger partial charge in [0.25, 0.3) is 0 Å². The van der Waals surface area contributed by atoms with Gasteiger partial charge >= 0.3 is 12.6 Å². The highest BCUT2D eigenvalue weighted by molar-refractivity contribution is 5.98. The molecule has 1 rings (SSSR count). The van der Waals surface area contributed by atoms with E-state index in [0.717, 1.165) is 12.1 Å². The van der Waals surface area contributed by atoms with Crippen molar-refractivity contribution >= 4 is 5.78 Å². The number of carbonyl (C=O) groups excluding carboxylic acids is 1. The molecule has 0 saturated carbocycles. The van der Waals surface area contributed by atoms with Crippen LogP contribution in [-0.4, -0.2) is 12.2 Å². The number of carbonyl (C=O) groups is 1. The van der Waals surface area contributed by atoms with E-state index in [2.05, 4.69) is 0 Å². The van der Waals surface area contributed by atoms with E-state index >= 15 is 0 Å². The first-order valence-electron chi connectivity index (χ1n) is 4.23. The van der Waals surface area contributed by atoms with Crippen molar-refractivity contribution < 1.29 is 26.7 Å². The summed E-state index contributed by atoms with van der Waals surface area (Å²) in [5, 5.41) is 0. The Kier molecular flexibility index (Phi) is 3.30. The summed E-state index contributed by atoms with van der Waals surface area (Å²) in [5.41, 5.74) is -1.81. The average Bonchev–Trinajstić information content (AvgIpc) is 2.15. The minimum atomic E-state index is -4.65. The third-order valence-corrected chi connectivity index (χ3v) is 2.03. The first-order chi connectivity index (χ1) is 7.23. The predicted octanol–water partition coefficient (Wildman–Crippen LogP) is 3.46. The molecule has 0 aliphatic rings. The van der Waals surface area contributed by atoms with Gasteiger partial charge in [0.15, 0.2) is 0 Å². The lowest BCUT2D eigenvalue weighted by molar-refractivity contribution is -0.138. The monoisotopic (exact) mass is 238 g/mol. The van der Waals surface area contributed by atoms with Crippen molar-refractivity contribution in [3.63, 3.8) is 0 Å². The Balaban J connectivity index is 3.23. The van der Waals surface area contributed by atoms with E-state index in [0.29, 0.717) is 6.07 Å². The molecule has 0 amide bonds. The Labute approximate surface area is 87.9 Å². The van der Waals surface area contributed by atoms with Gasteiger partial charge in [-0.05, 0) is 18.6 Å². The second-order valence-corrected chi connectivity index (χ2v) is 3.19. The van der Waals surface area contributed by atoms with Gasteiger partial charge in [-0.15, -0.1) is 0 Å². The molecular weight excluding hydrogens is 231 g/mol. The zero-order valence-electron chi connectivity index (χ0n) is 8.11. The number of rotatable bonds is 2. The molecule has 0 spiro atoms. The van der Waals surface area contributed by atoms with Crippen LogP contribution in [0.2, 0.25) is 0 Å². The Morgan fingerprint density at radius 2 is 1.81 bits per heavy atom. The van der Waals surface area contributed by atoms with Crippen molar-refractivity contribution in [1.82, 2.24) is 0 Å². The molecule has 0 bridgehead atoms. The van der Waals surface area contributed by atoms with E-state index in [9.17, 15) is 26.7 Å². The Hall–Kier alpha value is -1.46. The highest BCUT2D eigenvalue weighted by Crippen LogP contribution is 2.32. The minimum absolute atomic E-state index is 0.113. The van der Waals surface area contributed by atoms with Crippen LogP contribution in [0, 0.1) is 6.92 Å². The van der Waals surface area contributed by atoms with E-state index in [4.69, 9.17) is 0 Å². The topological polar surface area (TPSA) is 17.1 Å². The maximum atomic E-state index is 12.4. The van der Waals surface area contributed by atoms with E-state index in [1.807, 2.05) is 0 Å². The highest BCUT2D eigenvalue weighted by Gasteiger charge is 2.33. The number of Topliss-reactive ketones (excluding diaryl/α,β-unsaturated/α-hetero) is 1. The molecule has 6 heteroatoms. The molecule has 88 valence electrons. The minimum Gasteiger partial charge on any atom is -0.288 e. The number of hydrogen-bond donors (Lipinski definition) is 0. The maximum absolute atomic E-state index is 12.4. The number of benzene rings is 1. The molecule has 0 atom stereocenters. The second-order valence-electron chi connectivity index (χ2n) is 3.19. The van der Waals surface area contributed by atoms with Gasteiger partial charge in [0.2, 0.25) is 5.78 Å². The molecule has 0 N–H and O–H groups in total. The first kappa shape index (κ1) is 12.6. The van der Waals surface area contributed by atoms with Crippen molar-refractivity contribution in [2.75, 3.05) is 0 Å². The van der Waals surface area contributed by atoms with Crippen LogP contribution < -0.4 is 0 Å². The normalized spacial score (nSPS) is 11.9. The van der Waals surface area contributed by atoms with Crippen LogP contribution in [0.5, 0.6) is 0 Å². The molecule has 1 nitrogen and oxygen atoms in total. The van der Waals surface area contributed by atoms with Crippen LogP contribution in [0.4, 0.5) is 22.0 Å². The van der Waals surface area contributed by atoms with E-state index in [1.165, 1.54) is 6.92 Å². The molecular formula is C10H7F5O. The third-order valence-electron chi connectivity index (χ3n) is 2.03. The van der Waals surface area contributed by atoms with Crippen LogP contribution in [0.25, 0.3) is 0 Å². The summed E-state index contributed by atoms with van der Waals surface area (Å²) in [6.07, 6.45) is -7.95. The second kappa shape index (κ2) is 4.19. The zero-order chi connectivity index (χ0) is 12.5. The van der Waals surface area contributed by atoms with Crippen molar-refractivity contribution in [2.45, 2.75) is 19.5 Å². The molecule has 0 aliphatic carbocycles. The zero-order valence-corrected chi connectivity index (χ0v) is 8.11. The fourth-order valence-corrected chi connectivity index (χ4v) is 1.21. The highest BCUT2D eigenvalue weighted by atomic mass is 19.4. The summed E-state index contributed by atoms with van der Waals surface area (Å²) in [6, 6.07) is 2.40. The number of aryl methyl sites for hydroxylation is 1. The van der Waals surface area contributed by atoms with Gasteiger partial charge in [-0.25, -0.2) is 8.78 Å². The van der Waals surface area contributed by atoms with E-state index in [1.54, 1.807) is 0 Å². The van der Waals surface area contributed by atoms with Crippen molar-refractivity contribution in [2.24, 2.45) is 0 Å². The number of alkyl halides is 5. The quantitative estimate of drug-likeness (QED) is 0.569. The third kappa shape index (κ3) is 2.56. The summed E-state index contributed by atoms with van der Waals surface area (Å²) < 4.78 is 61.2. The van der Waals surface area contributed by atoms with Crippen molar-refractivity contribution in [3.8, 4) is 0 Å². The molecule has 1 aromatic carbocycles. The lowest BCUT2D eigenvalue weighted by Gasteiger charge is -2.11. The smallest absolute Gasteiger partial charge is 0.288 e. The van der Waals surface area contributed by atoms with Crippen molar-refractivity contribution in [3.05, 3.63) is 34.9 Å². The van der Waals surface area contributed by atoms with Gasteiger partial charge in [-0.3, -0.25) is 4.79 Å². The largest absolute Gasteiger partial charge is 0.416 e. The van der Waals surface area contributed by atoms with Crippen LogP contribution in [-0.2, 0) is 6.18 Å². The number of halogens is 5. The van der Waals surface area contributed by atoms with Crippen LogP contribution in [0.1, 0.15) is 21.5 Å². The van der Waals surface area contributed by atoms with Gasteiger partial charge in [0.05, 0.1) is 5.56 Å². The Bertz CT molecular complexity index is 408. The van der Waals surface area contributed by atoms with Crippen molar-refractivity contribution in [1.29, 1.82) is 0 Å². The fourth-order valence-electron chi connectivity index (χ4n) is 1.21.